The van der Waals surface area contributed by atoms with Crippen LogP contribution >= 0.6 is 0 Å². The molecule has 1 aliphatic rings. The molecule has 0 spiro atoms. The molecule has 1 unspecified atom stereocenters. The van der Waals surface area contributed by atoms with Crippen molar-refractivity contribution < 1.29 is 14.3 Å². The number of para-hydroxylation sites is 1. The first-order chi connectivity index (χ1) is 12.0. The molecule has 0 saturated carbocycles. The topological polar surface area (TPSA) is 71.5 Å². The first-order valence-corrected chi connectivity index (χ1v) is 8.36. The summed E-state index contributed by atoms with van der Waals surface area (Å²) in [6.45, 7) is 5.75. The number of carbonyl (C=O) groups excluding carboxylic acids is 2. The summed E-state index contributed by atoms with van der Waals surface area (Å²) in [6.07, 6.45) is 2.37. The van der Waals surface area contributed by atoms with Gasteiger partial charge < -0.3 is 10.1 Å². The summed E-state index contributed by atoms with van der Waals surface area (Å²) in [7, 11) is 0. The van der Waals surface area contributed by atoms with Crippen LogP contribution in [-0.4, -0.2) is 28.9 Å². The summed E-state index contributed by atoms with van der Waals surface area (Å²) < 4.78 is 5.81. The zero-order valence-electron chi connectivity index (χ0n) is 14.6. The molecule has 1 N–H and O–H groups in total. The zero-order valence-corrected chi connectivity index (χ0v) is 14.6. The number of pyridine rings is 1. The summed E-state index contributed by atoms with van der Waals surface area (Å²) >= 11 is 0. The van der Waals surface area contributed by atoms with E-state index in [2.05, 4.69) is 10.3 Å². The van der Waals surface area contributed by atoms with Crippen molar-refractivity contribution in [3.63, 3.8) is 0 Å². The van der Waals surface area contributed by atoms with Crippen molar-refractivity contribution in [2.45, 2.75) is 32.8 Å². The second-order valence-electron chi connectivity index (χ2n) is 5.97. The molecule has 0 aliphatic carbocycles. The number of benzene rings is 1. The summed E-state index contributed by atoms with van der Waals surface area (Å²) in [5.74, 6) is -0.0568. The highest BCUT2D eigenvalue weighted by atomic mass is 16.5. The van der Waals surface area contributed by atoms with Crippen molar-refractivity contribution in [1.29, 1.82) is 0 Å². The molecule has 1 aromatic heterocycles. The molecule has 6 heteroatoms. The molecule has 130 valence electrons. The molecule has 1 aromatic carbocycles. The van der Waals surface area contributed by atoms with Gasteiger partial charge in [0.05, 0.1) is 0 Å². The van der Waals surface area contributed by atoms with Gasteiger partial charge in [-0.3, -0.25) is 14.5 Å². The third-order valence-corrected chi connectivity index (χ3v) is 4.37. The normalized spacial score (nSPS) is 19.2. The number of nitrogens with zero attached hydrogens (tertiary/aromatic N) is 2. The Kier molecular flexibility index (Phi) is 4.44. The number of carbonyl (C=O) groups is 2. The highest BCUT2D eigenvalue weighted by Gasteiger charge is 2.51. The Labute approximate surface area is 146 Å². The number of ether oxygens (including phenoxy) is 1. The maximum absolute atomic E-state index is 12.9. The zero-order chi connectivity index (χ0) is 18.0. The van der Waals surface area contributed by atoms with Gasteiger partial charge >= 0.3 is 0 Å². The van der Waals surface area contributed by atoms with Gasteiger partial charge in [0, 0.05) is 18.4 Å². The molecule has 2 aromatic rings. The van der Waals surface area contributed by atoms with Crippen molar-refractivity contribution in [2.75, 3.05) is 16.8 Å². The van der Waals surface area contributed by atoms with Crippen LogP contribution in [0.4, 0.5) is 11.5 Å². The van der Waals surface area contributed by atoms with Gasteiger partial charge in [0.1, 0.15) is 0 Å². The molecule has 1 aliphatic heterocycles. The monoisotopic (exact) mass is 339 g/mol. The van der Waals surface area contributed by atoms with Gasteiger partial charge in [-0.05, 0) is 44.0 Å². The third-order valence-electron chi connectivity index (χ3n) is 4.37. The number of anilines is 2. The second-order valence-corrected chi connectivity index (χ2v) is 5.97. The minimum atomic E-state index is -1.65. The molecule has 1 atom stereocenters. The van der Waals surface area contributed by atoms with Crippen LogP contribution in [0.25, 0.3) is 0 Å². The van der Waals surface area contributed by atoms with Crippen LogP contribution in [0.1, 0.15) is 26.3 Å². The van der Waals surface area contributed by atoms with E-state index in [4.69, 9.17) is 4.74 Å². The van der Waals surface area contributed by atoms with E-state index in [-0.39, 0.29) is 0 Å². The SMILES string of the molecule is CCc1ccccc1NC(=O)C1(C)Oc2cccnc2N(CC)C1=O. The molecule has 2 heterocycles. The molecule has 0 saturated heterocycles. The number of amides is 2. The second kappa shape index (κ2) is 6.55. The molecular formula is C19H21N3O3. The fourth-order valence-electron chi connectivity index (χ4n) is 2.91. The van der Waals surface area contributed by atoms with E-state index in [1.807, 2.05) is 38.1 Å². The molecule has 0 bridgehead atoms. The van der Waals surface area contributed by atoms with Gasteiger partial charge in [0.2, 0.25) is 0 Å². The van der Waals surface area contributed by atoms with Crippen LogP contribution in [-0.2, 0) is 16.0 Å². The average Bonchev–Trinajstić information content (AvgIpc) is 2.63. The van der Waals surface area contributed by atoms with Gasteiger partial charge in [-0.1, -0.05) is 25.1 Å². The van der Waals surface area contributed by atoms with Crippen LogP contribution in [0.3, 0.4) is 0 Å². The van der Waals surface area contributed by atoms with E-state index in [1.54, 1.807) is 18.3 Å². The Morgan fingerprint density at radius 1 is 1.24 bits per heavy atom. The first-order valence-electron chi connectivity index (χ1n) is 8.36. The van der Waals surface area contributed by atoms with Gasteiger partial charge in [0.15, 0.2) is 11.6 Å². The molecule has 3 rings (SSSR count). The van der Waals surface area contributed by atoms with E-state index in [0.717, 1.165) is 12.0 Å². The summed E-state index contributed by atoms with van der Waals surface area (Å²) in [6, 6.07) is 11.0. The van der Waals surface area contributed by atoms with Crippen molar-refractivity contribution >= 4 is 23.3 Å². The van der Waals surface area contributed by atoms with E-state index in [9.17, 15) is 9.59 Å². The number of rotatable bonds is 4. The standard InChI is InChI=1S/C19H21N3O3/c1-4-13-9-6-7-10-14(13)21-17(23)19(3)18(24)22(5-2)16-15(25-19)11-8-12-20-16/h6-12H,4-5H2,1-3H3,(H,21,23). The van der Waals surface area contributed by atoms with Gasteiger partial charge in [-0.15, -0.1) is 0 Å². The van der Waals surface area contributed by atoms with Gasteiger partial charge in [-0.25, -0.2) is 4.98 Å². The fourth-order valence-corrected chi connectivity index (χ4v) is 2.91. The number of nitrogens with one attached hydrogen (secondary N) is 1. The Hall–Kier alpha value is -2.89. The summed E-state index contributed by atoms with van der Waals surface area (Å²) in [5.41, 5.74) is 0.0390. The molecule has 0 radical (unpaired) electrons. The maximum atomic E-state index is 12.9. The van der Waals surface area contributed by atoms with Gasteiger partial charge in [0.25, 0.3) is 17.4 Å². The first kappa shape index (κ1) is 17.0. The number of aromatic nitrogens is 1. The minimum absolute atomic E-state index is 0.403. The van der Waals surface area contributed by atoms with Crippen LogP contribution in [0.15, 0.2) is 42.6 Å². The molecule has 0 fully saturated rings. The van der Waals surface area contributed by atoms with Crippen LogP contribution in [0.2, 0.25) is 0 Å². The number of hydrogen-bond donors (Lipinski definition) is 1. The molecule has 6 nitrogen and oxygen atoms in total. The molecule has 25 heavy (non-hydrogen) atoms. The lowest BCUT2D eigenvalue weighted by molar-refractivity contribution is -0.145. The van der Waals surface area contributed by atoms with E-state index in [0.29, 0.717) is 23.8 Å². The van der Waals surface area contributed by atoms with Crippen molar-refractivity contribution in [3.8, 4) is 5.75 Å². The highest BCUT2D eigenvalue weighted by molar-refractivity contribution is 6.19. The van der Waals surface area contributed by atoms with Crippen molar-refractivity contribution in [1.82, 2.24) is 4.98 Å². The lowest BCUT2D eigenvalue weighted by Crippen LogP contribution is -2.61. The van der Waals surface area contributed by atoms with E-state index < -0.39 is 17.4 Å². The quantitative estimate of drug-likeness (QED) is 0.870. The smallest absolute Gasteiger partial charge is 0.282 e. The summed E-state index contributed by atoms with van der Waals surface area (Å²) in [4.78, 5) is 31.5. The fraction of sp³-hybridized carbons (Fsp3) is 0.316. The Balaban J connectivity index is 1.95. The van der Waals surface area contributed by atoms with Crippen molar-refractivity contribution in [2.24, 2.45) is 0 Å². The third kappa shape index (κ3) is 2.84. The number of aryl methyl sites for hydroxylation is 1. The van der Waals surface area contributed by atoms with Gasteiger partial charge in [-0.2, -0.15) is 0 Å². The average molecular weight is 339 g/mol. The van der Waals surface area contributed by atoms with Crippen LogP contribution in [0.5, 0.6) is 5.75 Å². The maximum Gasteiger partial charge on any atom is 0.282 e. The molecule has 2 amide bonds. The Morgan fingerprint density at radius 3 is 2.72 bits per heavy atom. The van der Waals surface area contributed by atoms with E-state index in [1.165, 1.54) is 11.8 Å². The minimum Gasteiger partial charge on any atom is -0.464 e. The number of likely N-dealkylation sites (N-methyl/N-ethyl adjacent to an activating group) is 1. The lowest BCUT2D eigenvalue weighted by Gasteiger charge is -2.38. The lowest BCUT2D eigenvalue weighted by atomic mass is 10.00. The predicted octanol–water partition coefficient (Wildman–Crippen LogP) is 2.79. The number of fused-ring (bicyclic) bond motifs is 1. The van der Waals surface area contributed by atoms with E-state index >= 15 is 0 Å². The Morgan fingerprint density at radius 2 is 2.00 bits per heavy atom. The predicted molar refractivity (Wildman–Crippen MR) is 95.7 cm³/mol. The highest BCUT2D eigenvalue weighted by Crippen LogP contribution is 2.36. The Bertz CT molecular complexity index is 821. The largest absolute Gasteiger partial charge is 0.464 e. The molecular weight excluding hydrogens is 318 g/mol. The van der Waals surface area contributed by atoms with Crippen LogP contribution < -0.4 is 15.0 Å². The summed E-state index contributed by atoms with van der Waals surface area (Å²) in [5, 5.41) is 2.85. The number of hydrogen-bond acceptors (Lipinski definition) is 4. The van der Waals surface area contributed by atoms with Crippen LogP contribution in [0, 0.1) is 0 Å². The van der Waals surface area contributed by atoms with Crippen molar-refractivity contribution in [3.05, 3.63) is 48.2 Å².